The smallest absolute Gasteiger partial charge is 0.255 e. The fourth-order valence-electron chi connectivity index (χ4n) is 3.89. The van der Waals surface area contributed by atoms with Gasteiger partial charge in [0, 0.05) is 41.0 Å². The summed E-state index contributed by atoms with van der Waals surface area (Å²) in [5, 5.41) is 5.97. The highest BCUT2D eigenvalue weighted by molar-refractivity contribution is 9.10. The van der Waals surface area contributed by atoms with Crippen molar-refractivity contribution in [2.24, 2.45) is 0 Å². The van der Waals surface area contributed by atoms with Gasteiger partial charge < -0.3 is 15.5 Å². The molecule has 1 heterocycles. The summed E-state index contributed by atoms with van der Waals surface area (Å²) < 4.78 is 0.915. The van der Waals surface area contributed by atoms with Crippen LogP contribution in [0.3, 0.4) is 0 Å². The van der Waals surface area contributed by atoms with E-state index in [-0.39, 0.29) is 11.8 Å². The van der Waals surface area contributed by atoms with Gasteiger partial charge in [-0.15, -0.1) is 0 Å². The van der Waals surface area contributed by atoms with Crippen molar-refractivity contribution in [2.45, 2.75) is 19.3 Å². The van der Waals surface area contributed by atoms with Crippen LogP contribution in [0.1, 0.15) is 39.1 Å². The second-order valence-electron chi connectivity index (χ2n) is 7.88. The molecule has 4 rings (SSSR count). The van der Waals surface area contributed by atoms with Crippen LogP contribution in [0, 0.1) is 0 Å². The summed E-state index contributed by atoms with van der Waals surface area (Å²) in [6.07, 6.45) is 3.01. The number of rotatable bonds is 7. The highest BCUT2D eigenvalue weighted by Gasteiger charge is 2.20. The second-order valence-corrected chi connectivity index (χ2v) is 8.79. The average Bonchev–Trinajstić information content (AvgIpc) is 3.35. The zero-order valence-electron chi connectivity index (χ0n) is 17.8. The minimum atomic E-state index is -0.207. The molecule has 0 aliphatic carbocycles. The first kappa shape index (κ1) is 22.1. The van der Waals surface area contributed by atoms with E-state index >= 15 is 0 Å². The molecule has 32 heavy (non-hydrogen) atoms. The predicted octanol–water partition coefficient (Wildman–Crippen LogP) is 5.27. The maximum absolute atomic E-state index is 13.1. The van der Waals surface area contributed by atoms with Crippen LogP contribution in [0.4, 0.5) is 11.4 Å². The van der Waals surface area contributed by atoms with Crippen LogP contribution in [0.25, 0.3) is 0 Å². The summed E-state index contributed by atoms with van der Waals surface area (Å²) in [5.74, 6) is -0.329. The van der Waals surface area contributed by atoms with Gasteiger partial charge in [-0.05, 0) is 67.3 Å². The minimum absolute atomic E-state index is 0.123. The number of hydrogen-bond donors (Lipinski definition) is 2. The molecule has 0 bridgehead atoms. The molecule has 2 N–H and O–H groups in total. The molecule has 0 spiro atoms. The summed E-state index contributed by atoms with van der Waals surface area (Å²) >= 11 is 3.38. The normalized spacial score (nSPS) is 13.1. The van der Waals surface area contributed by atoms with E-state index in [9.17, 15) is 9.59 Å². The van der Waals surface area contributed by atoms with Gasteiger partial charge in [0.25, 0.3) is 11.8 Å². The summed E-state index contributed by atoms with van der Waals surface area (Å²) in [5.41, 5.74) is 3.86. The van der Waals surface area contributed by atoms with Crippen LogP contribution in [-0.2, 0) is 6.42 Å². The van der Waals surface area contributed by atoms with Crippen LogP contribution in [0.5, 0.6) is 0 Å². The molecule has 1 saturated heterocycles. The van der Waals surface area contributed by atoms with Crippen LogP contribution in [0.15, 0.2) is 77.3 Å². The van der Waals surface area contributed by atoms with E-state index < -0.39 is 0 Å². The molecule has 5 nitrogen and oxygen atoms in total. The van der Waals surface area contributed by atoms with Crippen LogP contribution < -0.4 is 15.5 Å². The minimum Gasteiger partial charge on any atom is -0.371 e. The molecule has 6 heteroatoms. The van der Waals surface area contributed by atoms with Crippen molar-refractivity contribution in [2.75, 3.05) is 29.9 Å². The van der Waals surface area contributed by atoms with Crippen molar-refractivity contribution >= 4 is 39.1 Å². The third kappa shape index (κ3) is 5.56. The third-order valence-corrected chi connectivity index (χ3v) is 6.12. The van der Waals surface area contributed by atoms with Gasteiger partial charge in [0.1, 0.15) is 0 Å². The van der Waals surface area contributed by atoms with E-state index in [1.807, 2.05) is 42.5 Å². The number of carbonyl (C=O) groups excluding carboxylic acids is 2. The molecule has 0 unspecified atom stereocenters. The monoisotopic (exact) mass is 491 g/mol. The first-order valence-corrected chi connectivity index (χ1v) is 11.7. The number of anilines is 2. The molecule has 0 aromatic heterocycles. The third-order valence-electron chi connectivity index (χ3n) is 5.59. The van der Waals surface area contributed by atoms with Crippen molar-refractivity contribution in [3.63, 3.8) is 0 Å². The number of hydrogen-bond acceptors (Lipinski definition) is 3. The lowest BCUT2D eigenvalue weighted by atomic mass is 10.1. The fourth-order valence-corrected chi connectivity index (χ4v) is 4.16. The zero-order chi connectivity index (χ0) is 22.3. The Labute approximate surface area is 197 Å². The number of nitrogens with one attached hydrogen (secondary N) is 2. The molecular formula is C26H26BrN3O2. The molecule has 1 fully saturated rings. The Bertz CT molecular complexity index is 1080. The van der Waals surface area contributed by atoms with Gasteiger partial charge >= 0.3 is 0 Å². The maximum Gasteiger partial charge on any atom is 0.255 e. The van der Waals surface area contributed by atoms with Crippen LogP contribution in [-0.4, -0.2) is 31.4 Å². The molecule has 164 valence electrons. The molecular weight excluding hydrogens is 466 g/mol. The largest absolute Gasteiger partial charge is 0.371 e. The second kappa shape index (κ2) is 10.5. The van der Waals surface area contributed by atoms with Gasteiger partial charge in [-0.25, -0.2) is 0 Å². The van der Waals surface area contributed by atoms with E-state index in [2.05, 4.69) is 43.6 Å². The van der Waals surface area contributed by atoms with Gasteiger partial charge in [-0.2, -0.15) is 0 Å². The van der Waals surface area contributed by atoms with Gasteiger partial charge in [-0.3, -0.25) is 9.59 Å². The van der Waals surface area contributed by atoms with E-state index in [4.69, 9.17) is 0 Å². The number of amides is 2. The molecule has 3 aromatic carbocycles. The first-order chi connectivity index (χ1) is 15.6. The highest BCUT2D eigenvalue weighted by Crippen LogP contribution is 2.28. The lowest BCUT2D eigenvalue weighted by Crippen LogP contribution is -2.29. The van der Waals surface area contributed by atoms with Crippen molar-refractivity contribution in [1.29, 1.82) is 0 Å². The van der Waals surface area contributed by atoms with Crippen molar-refractivity contribution < 1.29 is 9.59 Å². The van der Waals surface area contributed by atoms with Crippen molar-refractivity contribution in [3.8, 4) is 0 Å². The van der Waals surface area contributed by atoms with E-state index in [0.29, 0.717) is 23.4 Å². The SMILES string of the molecule is O=C(Nc1ccc(N2CCCC2)c(C(=O)NCCc2ccccc2)c1)c1ccc(Br)cc1. The molecule has 2 amide bonds. The Morgan fingerprint density at radius 1 is 0.875 bits per heavy atom. The first-order valence-electron chi connectivity index (χ1n) is 10.9. The Balaban J connectivity index is 1.50. The Kier molecular flexibility index (Phi) is 7.22. The Morgan fingerprint density at radius 3 is 2.31 bits per heavy atom. The molecule has 0 atom stereocenters. The highest BCUT2D eigenvalue weighted by atomic mass is 79.9. The van der Waals surface area contributed by atoms with E-state index in [1.54, 1.807) is 18.2 Å². The molecule has 1 aliphatic heterocycles. The number of halogens is 1. The summed E-state index contributed by atoms with van der Waals surface area (Å²) in [4.78, 5) is 28.0. The quantitative estimate of drug-likeness (QED) is 0.472. The predicted molar refractivity (Wildman–Crippen MR) is 132 cm³/mol. The van der Waals surface area contributed by atoms with E-state index in [1.165, 1.54) is 5.56 Å². The summed E-state index contributed by atoms with van der Waals surface area (Å²) in [6.45, 7) is 2.43. The Morgan fingerprint density at radius 2 is 1.59 bits per heavy atom. The topological polar surface area (TPSA) is 61.4 Å². The number of nitrogens with zero attached hydrogens (tertiary/aromatic N) is 1. The van der Waals surface area contributed by atoms with Gasteiger partial charge in [0.05, 0.1) is 5.56 Å². The van der Waals surface area contributed by atoms with Crippen LogP contribution in [0.2, 0.25) is 0 Å². The zero-order valence-corrected chi connectivity index (χ0v) is 19.4. The summed E-state index contributed by atoms with van der Waals surface area (Å²) in [7, 11) is 0. The van der Waals surface area contributed by atoms with Gasteiger partial charge in [-0.1, -0.05) is 46.3 Å². The lowest BCUT2D eigenvalue weighted by molar-refractivity contribution is 0.0953. The number of carbonyl (C=O) groups is 2. The molecule has 1 aliphatic rings. The lowest BCUT2D eigenvalue weighted by Gasteiger charge is -2.22. The van der Waals surface area contributed by atoms with Gasteiger partial charge in [0.15, 0.2) is 0 Å². The molecule has 0 saturated carbocycles. The standard InChI is InChI=1S/C26H26BrN3O2/c27-21-10-8-20(9-11-21)25(31)29-22-12-13-24(30-16-4-5-17-30)23(18-22)26(32)28-15-14-19-6-2-1-3-7-19/h1-3,6-13,18H,4-5,14-17H2,(H,28,32)(H,29,31). The van der Waals surface area contributed by atoms with Crippen molar-refractivity contribution in [1.82, 2.24) is 5.32 Å². The van der Waals surface area contributed by atoms with Crippen LogP contribution >= 0.6 is 15.9 Å². The molecule has 3 aromatic rings. The maximum atomic E-state index is 13.1. The Hall–Kier alpha value is -3.12. The fraction of sp³-hybridized carbons (Fsp3) is 0.231. The number of benzene rings is 3. The van der Waals surface area contributed by atoms with Crippen molar-refractivity contribution in [3.05, 3.63) is 94.0 Å². The van der Waals surface area contributed by atoms with Gasteiger partial charge in [0.2, 0.25) is 0 Å². The summed E-state index contributed by atoms with van der Waals surface area (Å²) in [6, 6.07) is 22.9. The average molecular weight is 492 g/mol. The molecule has 0 radical (unpaired) electrons. The van der Waals surface area contributed by atoms with E-state index in [0.717, 1.165) is 42.5 Å².